The molecular formula is C76H74N8S4. The van der Waals surface area contributed by atoms with Gasteiger partial charge >= 0.3 is 0 Å². The van der Waals surface area contributed by atoms with Crippen LogP contribution in [0.3, 0.4) is 0 Å². The second-order valence-corrected chi connectivity index (χ2v) is 28.8. The summed E-state index contributed by atoms with van der Waals surface area (Å²) in [4.78, 5) is 47.4. The summed E-state index contributed by atoms with van der Waals surface area (Å²) in [5.41, 5.74) is 19.0. The summed E-state index contributed by atoms with van der Waals surface area (Å²) in [5, 5.41) is 4.08. The number of aromatic amines is 2. The van der Waals surface area contributed by atoms with Crippen LogP contribution < -0.4 is 0 Å². The number of rotatable bonds is 16. The molecule has 0 spiro atoms. The van der Waals surface area contributed by atoms with Crippen molar-refractivity contribution in [3.05, 3.63) is 213 Å². The van der Waals surface area contributed by atoms with Gasteiger partial charge in [-0.25, -0.2) is 29.9 Å². The lowest BCUT2D eigenvalue weighted by molar-refractivity contribution is 0.590. The van der Waals surface area contributed by atoms with E-state index in [9.17, 15) is 0 Å². The Balaban J connectivity index is 1.20. The summed E-state index contributed by atoms with van der Waals surface area (Å²) in [6.45, 7) is 22.8. The minimum absolute atomic E-state index is 0.128. The highest BCUT2D eigenvalue weighted by Gasteiger charge is 2.33. The molecule has 0 aliphatic carbocycles. The molecule has 0 fully saturated rings. The highest BCUT2D eigenvalue weighted by Crippen LogP contribution is 2.52. The first-order chi connectivity index (χ1) is 42.7. The Labute approximate surface area is 534 Å². The Bertz CT molecular complexity index is 4620. The summed E-state index contributed by atoms with van der Waals surface area (Å²) in [6.07, 6.45) is 3.06. The van der Waals surface area contributed by atoms with Gasteiger partial charge in [0, 0.05) is 86.4 Å². The Kier molecular flexibility index (Phi) is 16.8. The van der Waals surface area contributed by atoms with Crippen molar-refractivity contribution >= 4 is 91.2 Å². The summed E-state index contributed by atoms with van der Waals surface area (Å²) < 4.78 is 0. The summed E-state index contributed by atoms with van der Waals surface area (Å²) in [6, 6.07) is 56.9. The van der Waals surface area contributed by atoms with Gasteiger partial charge in [0.1, 0.15) is 22.6 Å². The van der Waals surface area contributed by atoms with Gasteiger partial charge in [-0.15, -0.1) is 47.0 Å². The van der Waals surface area contributed by atoms with Gasteiger partial charge < -0.3 is 9.97 Å². The maximum Gasteiger partial charge on any atom is 0.165 e. The van der Waals surface area contributed by atoms with Crippen LogP contribution in [-0.4, -0.2) is 39.9 Å². The smallest absolute Gasteiger partial charge is 0.165 e. The third-order valence-corrected chi connectivity index (χ3v) is 22.1. The van der Waals surface area contributed by atoms with Gasteiger partial charge in [0.25, 0.3) is 0 Å². The molecule has 13 rings (SSSR count). The molecule has 0 saturated heterocycles. The minimum Gasteiger partial charge on any atom is -0.324 e. The van der Waals surface area contributed by atoms with Crippen molar-refractivity contribution in [3.63, 3.8) is 0 Å². The van der Waals surface area contributed by atoms with E-state index in [0.29, 0.717) is 34.6 Å². The second kappa shape index (κ2) is 24.8. The van der Waals surface area contributed by atoms with Gasteiger partial charge in [0.2, 0.25) is 0 Å². The quantitative estimate of drug-likeness (QED) is 0.0908. The molecule has 0 radical (unpaired) electrons. The summed E-state index contributed by atoms with van der Waals surface area (Å²) in [7, 11) is 0. The standard InChI is InChI=1S/C76H74N8S4/c1-11-51-59-61(53(13-3)65(87-43-47-31-23-17-24-32-47)63(51)85-41-45-27-19-15-20-28-45)73-82-71(59)80-68-56-38-36-49(75(5,6)7)39-57(56)69(79-68)77-67-55-37-35-50(76(8,9)10)40-58(55)70(78-67)81-72-60-52(12-2)64(86-42-46-29-21-16-22-30-46)66(88-44-48-33-25-18-26-34-48)54(14-4)62(60)74(83-72)84-73/h15-40H,11-14,41-44H2,1-10H3,(H2,77,78,79,80,81,82,83,84). The molecule has 8 aromatic carbocycles. The molecule has 11 aromatic rings. The number of aromatic nitrogens is 8. The topological polar surface area (TPSA) is 109 Å². The first-order valence-corrected chi connectivity index (χ1v) is 34.9. The maximum atomic E-state index is 6.00. The summed E-state index contributed by atoms with van der Waals surface area (Å²) >= 11 is 7.73. The molecule has 88 heavy (non-hydrogen) atoms. The number of nitrogens with zero attached hydrogens (tertiary/aromatic N) is 6. The fourth-order valence-corrected chi connectivity index (χ4v) is 17.7. The van der Waals surface area contributed by atoms with E-state index < -0.39 is 0 Å². The number of thioether (sulfide) groups is 4. The van der Waals surface area contributed by atoms with Crippen molar-refractivity contribution in [3.8, 4) is 45.6 Å². The molecule has 8 bridgehead atoms. The molecule has 442 valence electrons. The first-order valence-electron chi connectivity index (χ1n) is 30.9. The van der Waals surface area contributed by atoms with E-state index in [1.54, 1.807) is 0 Å². The fraction of sp³-hybridized carbons (Fsp3) is 0.263. The Morgan fingerprint density at radius 3 is 1.10 bits per heavy atom. The fourth-order valence-electron chi connectivity index (χ4n) is 12.3. The number of hydrogen-bond acceptors (Lipinski definition) is 10. The molecule has 0 amide bonds. The van der Waals surface area contributed by atoms with Crippen molar-refractivity contribution in [2.45, 2.75) is 148 Å². The van der Waals surface area contributed by atoms with Crippen LogP contribution in [0.25, 0.3) is 89.7 Å². The van der Waals surface area contributed by atoms with Crippen molar-refractivity contribution < 1.29 is 0 Å². The van der Waals surface area contributed by atoms with Crippen LogP contribution in [-0.2, 0) is 59.5 Å². The van der Waals surface area contributed by atoms with Crippen molar-refractivity contribution in [2.75, 3.05) is 0 Å². The third-order valence-electron chi connectivity index (χ3n) is 17.0. The van der Waals surface area contributed by atoms with E-state index in [0.717, 1.165) is 104 Å². The van der Waals surface area contributed by atoms with E-state index in [2.05, 4.69) is 237 Å². The Hall–Kier alpha value is -7.48. The molecule has 2 aliphatic heterocycles. The van der Waals surface area contributed by atoms with E-state index in [1.807, 2.05) is 47.0 Å². The van der Waals surface area contributed by atoms with Gasteiger partial charge in [-0.1, -0.05) is 215 Å². The molecule has 3 aromatic heterocycles. The van der Waals surface area contributed by atoms with Gasteiger partial charge in [0.15, 0.2) is 23.3 Å². The van der Waals surface area contributed by atoms with Gasteiger partial charge in [-0.05, 0) is 104 Å². The number of fused-ring (bicyclic) bond motifs is 20. The lowest BCUT2D eigenvalue weighted by Crippen LogP contribution is -2.10. The number of nitrogens with one attached hydrogen (secondary N) is 2. The predicted molar refractivity (Wildman–Crippen MR) is 375 cm³/mol. The van der Waals surface area contributed by atoms with Crippen LogP contribution in [0.1, 0.15) is 125 Å². The Morgan fingerprint density at radius 2 is 0.670 bits per heavy atom. The van der Waals surface area contributed by atoms with Gasteiger partial charge in [0.05, 0.1) is 0 Å². The zero-order chi connectivity index (χ0) is 60.8. The van der Waals surface area contributed by atoms with Crippen molar-refractivity contribution in [1.29, 1.82) is 0 Å². The van der Waals surface area contributed by atoms with E-state index in [4.69, 9.17) is 29.9 Å². The normalized spacial score (nSPS) is 12.3. The number of benzene rings is 8. The zero-order valence-corrected chi connectivity index (χ0v) is 55.3. The van der Waals surface area contributed by atoms with E-state index in [-0.39, 0.29) is 10.8 Å². The molecule has 5 heterocycles. The lowest BCUT2D eigenvalue weighted by Gasteiger charge is -2.22. The van der Waals surface area contributed by atoms with Crippen molar-refractivity contribution in [1.82, 2.24) is 39.9 Å². The van der Waals surface area contributed by atoms with Gasteiger partial charge in [-0.2, -0.15) is 0 Å². The second-order valence-electron chi connectivity index (χ2n) is 24.9. The Morgan fingerprint density at radius 1 is 0.330 bits per heavy atom. The molecule has 0 saturated carbocycles. The first kappa shape index (κ1) is 59.5. The average Bonchev–Trinajstić information content (AvgIpc) is 2.61. The SMILES string of the molecule is CCc1c(SCc2ccccc2)c(SCc2ccccc2)c(CC)c2c1-c1nc-2nc2[nH]c(nc3nc(nc4[nH]c(n1)c1cc(C(C)(C)C)ccc41)-c1cc(C(C)(C)C)ccc1-3)c1c(CC)c(SCc3ccccc3)c(SCc3ccccc3)c(CC)c21. The van der Waals surface area contributed by atoms with Crippen LogP contribution in [0, 0.1) is 0 Å². The number of hydrogen-bond donors (Lipinski definition) is 2. The largest absolute Gasteiger partial charge is 0.324 e. The monoisotopic (exact) mass is 1230 g/mol. The molecule has 2 aliphatic rings. The molecular weight excluding hydrogens is 1150 g/mol. The van der Waals surface area contributed by atoms with Crippen LogP contribution in [0.5, 0.6) is 0 Å². The number of H-pyrrole nitrogens is 2. The van der Waals surface area contributed by atoms with E-state index >= 15 is 0 Å². The minimum atomic E-state index is -0.131. The lowest BCUT2D eigenvalue weighted by atomic mass is 9.85. The van der Waals surface area contributed by atoms with Crippen LogP contribution in [0.2, 0.25) is 0 Å². The highest BCUT2D eigenvalue weighted by molar-refractivity contribution is 8.02. The van der Waals surface area contributed by atoms with Crippen LogP contribution in [0.4, 0.5) is 0 Å². The average molecular weight is 1230 g/mol. The highest BCUT2D eigenvalue weighted by atomic mass is 32.2. The van der Waals surface area contributed by atoms with Crippen molar-refractivity contribution in [2.24, 2.45) is 0 Å². The molecule has 8 nitrogen and oxygen atoms in total. The van der Waals surface area contributed by atoms with E-state index in [1.165, 1.54) is 75.2 Å². The molecule has 12 heteroatoms. The molecule has 0 unspecified atom stereocenters. The van der Waals surface area contributed by atoms with Gasteiger partial charge in [-0.3, -0.25) is 0 Å². The predicted octanol–water partition coefficient (Wildman–Crippen LogP) is 20.9. The molecule has 0 atom stereocenters. The zero-order valence-electron chi connectivity index (χ0n) is 52.0. The van der Waals surface area contributed by atoms with Crippen LogP contribution in [0.15, 0.2) is 177 Å². The third kappa shape index (κ3) is 11.5. The number of aryl methyl sites for hydroxylation is 2. The van der Waals surface area contributed by atoms with Crippen LogP contribution >= 0.6 is 47.0 Å². The summed E-state index contributed by atoms with van der Waals surface area (Å²) in [5.74, 6) is 5.78. The maximum absolute atomic E-state index is 6.00. The molecule has 2 N–H and O–H groups in total.